The predicted octanol–water partition coefficient (Wildman–Crippen LogP) is 3.07. The van der Waals surface area contributed by atoms with E-state index in [0.717, 1.165) is 0 Å². The van der Waals surface area contributed by atoms with Gasteiger partial charge in [-0.05, 0) is 32.0 Å². The molecule has 0 heterocycles. The maximum atomic E-state index is 12.5. The summed E-state index contributed by atoms with van der Waals surface area (Å²) < 4.78 is 35.3. The van der Waals surface area contributed by atoms with Crippen LogP contribution >= 0.6 is 0 Å². The lowest BCUT2D eigenvalue weighted by Gasteiger charge is -2.12. The molecule has 0 aromatic heterocycles. The molecule has 0 spiro atoms. The fraction of sp³-hybridized carbons (Fsp3) is 0.200. The third kappa shape index (κ3) is 3.59. The van der Waals surface area contributed by atoms with Crippen LogP contribution in [0.15, 0.2) is 47.4 Å². The molecule has 0 radical (unpaired) electrons. The smallest absolute Gasteiger partial charge is 0.339 e. The van der Waals surface area contributed by atoms with E-state index in [0.29, 0.717) is 6.61 Å². The van der Waals surface area contributed by atoms with E-state index in [2.05, 4.69) is 0 Å². The number of para-hydroxylation sites is 2. The molecule has 0 atom stereocenters. The number of benzene rings is 2. The molecule has 2 rings (SSSR count). The third-order valence-corrected chi connectivity index (χ3v) is 4.45. The minimum atomic E-state index is -4.23. The Hall–Kier alpha value is -2.61. The van der Waals surface area contributed by atoms with Gasteiger partial charge in [0.15, 0.2) is 11.5 Å². The van der Waals surface area contributed by atoms with E-state index >= 15 is 0 Å². The topological polar surface area (TPSA) is 95.7 Å². The Balaban J connectivity index is 2.45. The Kier molecular flexibility index (Phi) is 4.85. The van der Waals surface area contributed by atoms with Crippen molar-refractivity contribution in [1.29, 1.82) is 0 Å². The van der Waals surface area contributed by atoms with Crippen molar-refractivity contribution >= 4 is 15.8 Å². The van der Waals surface area contributed by atoms with Gasteiger partial charge in [0.1, 0.15) is 4.90 Å². The lowest BCUT2D eigenvalue weighted by molar-refractivity contribution is -0.385. The molecule has 8 heteroatoms. The molecule has 23 heavy (non-hydrogen) atoms. The van der Waals surface area contributed by atoms with E-state index in [-0.39, 0.29) is 27.6 Å². The summed E-state index contributed by atoms with van der Waals surface area (Å²) in [5.74, 6) is 0.307. The SMILES string of the molecule is CCOc1ccccc1OS(=O)(=O)c1cccc([N+](=O)[O-])c1C. The average Bonchev–Trinajstić information content (AvgIpc) is 2.49. The number of nitrogens with zero attached hydrogens (tertiary/aromatic N) is 1. The van der Waals surface area contributed by atoms with Crippen LogP contribution in [-0.4, -0.2) is 19.9 Å². The Morgan fingerprint density at radius 1 is 1.09 bits per heavy atom. The van der Waals surface area contributed by atoms with Gasteiger partial charge in [-0.2, -0.15) is 8.42 Å². The van der Waals surface area contributed by atoms with Crippen molar-refractivity contribution in [2.45, 2.75) is 18.7 Å². The molecule has 0 N–H and O–H groups in total. The van der Waals surface area contributed by atoms with Crippen LogP contribution < -0.4 is 8.92 Å². The van der Waals surface area contributed by atoms with Gasteiger partial charge < -0.3 is 8.92 Å². The van der Waals surface area contributed by atoms with Crippen LogP contribution in [-0.2, 0) is 10.1 Å². The first-order chi connectivity index (χ1) is 10.9. The normalized spacial score (nSPS) is 11.0. The molecule has 0 unspecified atom stereocenters. The highest BCUT2D eigenvalue weighted by Gasteiger charge is 2.25. The molecule has 0 saturated heterocycles. The zero-order chi connectivity index (χ0) is 17.0. The summed E-state index contributed by atoms with van der Waals surface area (Å²) in [5.41, 5.74) is -0.265. The van der Waals surface area contributed by atoms with Crippen LogP contribution in [0.4, 0.5) is 5.69 Å². The van der Waals surface area contributed by atoms with Gasteiger partial charge in [0.25, 0.3) is 5.69 Å². The Labute approximate surface area is 133 Å². The lowest BCUT2D eigenvalue weighted by Crippen LogP contribution is -2.13. The van der Waals surface area contributed by atoms with Crippen LogP contribution in [0.5, 0.6) is 11.5 Å². The molecule has 2 aromatic rings. The van der Waals surface area contributed by atoms with Crippen molar-refractivity contribution < 1.29 is 22.3 Å². The van der Waals surface area contributed by atoms with Gasteiger partial charge in [0.05, 0.1) is 11.5 Å². The van der Waals surface area contributed by atoms with E-state index in [1.165, 1.54) is 31.2 Å². The number of hydrogen-bond donors (Lipinski definition) is 0. The highest BCUT2D eigenvalue weighted by atomic mass is 32.2. The molecule has 0 aliphatic carbocycles. The molecule has 7 nitrogen and oxygen atoms in total. The zero-order valence-corrected chi connectivity index (χ0v) is 13.4. The minimum absolute atomic E-state index is 0.0198. The summed E-state index contributed by atoms with van der Waals surface area (Å²) in [6.07, 6.45) is 0. The summed E-state index contributed by atoms with van der Waals surface area (Å²) in [4.78, 5) is 10.1. The second kappa shape index (κ2) is 6.66. The number of rotatable bonds is 6. The van der Waals surface area contributed by atoms with Crippen LogP contribution in [0.3, 0.4) is 0 Å². The summed E-state index contributed by atoms with van der Waals surface area (Å²) in [7, 11) is -4.23. The van der Waals surface area contributed by atoms with E-state index in [1.54, 1.807) is 25.1 Å². The van der Waals surface area contributed by atoms with Crippen molar-refractivity contribution in [3.8, 4) is 11.5 Å². The number of ether oxygens (including phenoxy) is 1. The first kappa shape index (κ1) is 16.8. The first-order valence-electron chi connectivity index (χ1n) is 6.77. The van der Waals surface area contributed by atoms with Crippen LogP contribution in [0, 0.1) is 17.0 Å². The molecule has 0 aliphatic heterocycles. The van der Waals surface area contributed by atoms with Gasteiger partial charge in [-0.15, -0.1) is 0 Å². The number of hydrogen-bond acceptors (Lipinski definition) is 6. The maximum Gasteiger partial charge on any atom is 0.339 e. The minimum Gasteiger partial charge on any atom is -0.490 e. The monoisotopic (exact) mass is 337 g/mol. The largest absolute Gasteiger partial charge is 0.490 e. The van der Waals surface area contributed by atoms with Crippen molar-refractivity contribution in [3.63, 3.8) is 0 Å². The summed E-state index contributed by atoms with van der Waals surface area (Å²) in [6, 6.07) is 10.1. The average molecular weight is 337 g/mol. The van der Waals surface area contributed by atoms with Crippen molar-refractivity contribution in [3.05, 3.63) is 58.1 Å². The second-order valence-electron chi connectivity index (χ2n) is 4.57. The van der Waals surface area contributed by atoms with Crippen LogP contribution in [0.25, 0.3) is 0 Å². The molecule has 0 saturated carbocycles. The second-order valence-corrected chi connectivity index (χ2v) is 6.09. The fourth-order valence-electron chi connectivity index (χ4n) is 2.03. The van der Waals surface area contributed by atoms with E-state index in [9.17, 15) is 18.5 Å². The highest BCUT2D eigenvalue weighted by molar-refractivity contribution is 7.87. The first-order valence-corrected chi connectivity index (χ1v) is 8.18. The summed E-state index contributed by atoms with van der Waals surface area (Å²) in [6.45, 7) is 3.47. The van der Waals surface area contributed by atoms with Gasteiger partial charge in [-0.1, -0.05) is 18.2 Å². The Bertz CT molecular complexity index is 832. The van der Waals surface area contributed by atoms with Gasteiger partial charge in [0, 0.05) is 11.6 Å². The summed E-state index contributed by atoms with van der Waals surface area (Å²) in [5, 5.41) is 10.9. The standard InChI is InChI=1S/C15H15NO6S/c1-3-21-13-8-4-5-9-14(13)22-23(19,20)15-10-6-7-12(11(15)2)16(17)18/h4-10H,3H2,1-2H3. The Morgan fingerprint density at radius 3 is 2.35 bits per heavy atom. The maximum absolute atomic E-state index is 12.5. The van der Waals surface area contributed by atoms with Crippen LogP contribution in [0.1, 0.15) is 12.5 Å². The molecular weight excluding hydrogens is 322 g/mol. The fourth-order valence-corrected chi connectivity index (χ4v) is 3.22. The Morgan fingerprint density at radius 2 is 1.74 bits per heavy atom. The number of nitro groups is 1. The van der Waals surface area contributed by atoms with Gasteiger partial charge in [-0.3, -0.25) is 10.1 Å². The lowest BCUT2D eigenvalue weighted by atomic mass is 10.2. The molecule has 2 aromatic carbocycles. The zero-order valence-electron chi connectivity index (χ0n) is 12.6. The number of nitro benzene ring substituents is 1. The van der Waals surface area contributed by atoms with Crippen molar-refractivity contribution in [1.82, 2.24) is 0 Å². The van der Waals surface area contributed by atoms with E-state index in [4.69, 9.17) is 8.92 Å². The summed E-state index contributed by atoms with van der Waals surface area (Å²) >= 11 is 0. The van der Waals surface area contributed by atoms with Crippen LogP contribution in [0.2, 0.25) is 0 Å². The van der Waals surface area contributed by atoms with Gasteiger partial charge >= 0.3 is 10.1 Å². The van der Waals surface area contributed by atoms with Crippen molar-refractivity contribution in [2.24, 2.45) is 0 Å². The van der Waals surface area contributed by atoms with Gasteiger partial charge in [-0.25, -0.2) is 0 Å². The van der Waals surface area contributed by atoms with E-state index in [1.807, 2.05) is 0 Å². The van der Waals surface area contributed by atoms with E-state index < -0.39 is 15.0 Å². The molecule has 0 fully saturated rings. The predicted molar refractivity (Wildman–Crippen MR) is 83.3 cm³/mol. The molecular formula is C15H15NO6S. The molecule has 0 aliphatic rings. The third-order valence-electron chi connectivity index (χ3n) is 3.07. The van der Waals surface area contributed by atoms with Gasteiger partial charge in [0.2, 0.25) is 0 Å². The highest BCUT2D eigenvalue weighted by Crippen LogP contribution is 2.32. The molecule has 0 amide bonds. The quantitative estimate of drug-likeness (QED) is 0.456. The molecule has 0 bridgehead atoms. The molecule has 122 valence electrons. The van der Waals surface area contributed by atoms with Crippen molar-refractivity contribution in [2.75, 3.05) is 6.61 Å².